The molecule has 0 spiro atoms. The van der Waals surface area contributed by atoms with Gasteiger partial charge in [-0.3, -0.25) is 0 Å². The van der Waals surface area contributed by atoms with Gasteiger partial charge in [0.15, 0.2) is 0 Å². The van der Waals surface area contributed by atoms with Crippen molar-refractivity contribution in [2.24, 2.45) is 0 Å². The highest BCUT2D eigenvalue weighted by Crippen LogP contribution is 2.25. The molecule has 0 amide bonds. The maximum Gasteiger partial charge on any atom is 0.124 e. The molecule has 88 valence electrons. The number of benzene rings is 1. The lowest BCUT2D eigenvalue weighted by Gasteiger charge is -2.17. The van der Waals surface area contributed by atoms with Crippen LogP contribution in [0.1, 0.15) is 25.5 Å². The van der Waals surface area contributed by atoms with Gasteiger partial charge in [0.05, 0.1) is 0 Å². The summed E-state index contributed by atoms with van der Waals surface area (Å²) in [5.41, 5.74) is 1.14. The van der Waals surface area contributed by atoms with Crippen LogP contribution in [-0.2, 0) is 0 Å². The summed E-state index contributed by atoms with van der Waals surface area (Å²) >= 11 is 5.69. The number of halogens is 1. The van der Waals surface area contributed by atoms with Crippen molar-refractivity contribution < 1.29 is 4.74 Å². The molecule has 1 aromatic rings. The summed E-state index contributed by atoms with van der Waals surface area (Å²) in [4.78, 5) is 0. The van der Waals surface area contributed by atoms with Crippen LogP contribution < -0.4 is 10.1 Å². The summed E-state index contributed by atoms with van der Waals surface area (Å²) in [6.07, 6.45) is 0. The first kappa shape index (κ1) is 13.1. The lowest BCUT2D eigenvalue weighted by Crippen LogP contribution is -2.18. The zero-order valence-electron chi connectivity index (χ0n) is 9.79. The predicted molar refractivity (Wildman–Crippen MR) is 69.0 cm³/mol. The molecular formula is C13H18ClNO. The fourth-order valence-electron chi connectivity index (χ4n) is 1.54. The first-order valence-electron chi connectivity index (χ1n) is 5.43. The Balaban J connectivity index is 2.78. The number of nitrogens with one attached hydrogen (secondary N) is 1. The van der Waals surface area contributed by atoms with Crippen molar-refractivity contribution in [3.8, 4) is 5.75 Å². The van der Waals surface area contributed by atoms with E-state index in [9.17, 15) is 0 Å². The van der Waals surface area contributed by atoms with E-state index in [1.54, 1.807) is 0 Å². The van der Waals surface area contributed by atoms with E-state index in [0.29, 0.717) is 11.6 Å². The highest BCUT2D eigenvalue weighted by atomic mass is 35.5. The Morgan fingerprint density at radius 1 is 1.50 bits per heavy atom. The Morgan fingerprint density at radius 2 is 2.19 bits per heavy atom. The van der Waals surface area contributed by atoms with Crippen LogP contribution in [0.3, 0.4) is 0 Å². The van der Waals surface area contributed by atoms with Crippen molar-refractivity contribution in [2.45, 2.75) is 19.9 Å². The molecule has 0 aromatic heterocycles. The fraction of sp³-hybridized carbons (Fsp3) is 0.385. The Labute approximate surface area is 102 Å². The summed E-state index contributed by atoms with van der Waals surface area (Å²) < 4.78 is 5.59. The zero-order chi connectivity index (χ0) is 12.0. The van der Waals surface area contributed by atoms with E-state index in [2.05, 4.69) is 31.8 Å². The molecule has 0 saturated heterocycles. The fourth-order valence-corrected chi connectivity index (χ4v) is 1.60. The van der Waals surface area contributed by atoms with Crippen molar-refractivity contribution in [3.63, 3.8) is 0 Å². The summed E-state index contributed by atoms with van der Waals surface area (Å²) in [7, 11) is 0. The van der Waals surface area contributed by atoms with Gasteiger partial charge in [0.25, 0.3) is 0 Å². The lowest BCUT2D eigenvalue weighted by atomic mass is 10.1. The molecule has 0 radical (unpaired) electrons. The number of hydrogen-bond acceptors (Lipinski definition) is 2. The molecule has 3 heteroatoms. The summed E-state index contributed by atoms with van der Waals surface area (Å²) in [6.45, 7) is 9.08. The first-order chi connectivity index (χ1) is 7.65. The highest BCUT2D eigenvalue weighted by molar-refractivity contribution is 6.29. The van der Waals surface area contributed by atoms with E-state index in [4.69, 9.17) is 16.3 Å². The van der Waals surface area contributed by atoms with Gasteiger partial charge in [-0.15, -0.1) is 0 Å². The Kier molecular flexibility index (Phi) is 5.36. The summed E-state index contributed by atoms with van der Waals surface area (Å²) in [5.74, 6) is 0.859. The lowest BCUT2D eigenvalue weighted by molar-refractivity contribution is 0.351. The van der Waals surface area contributed by atoms with Gasteiger partial charge < -0.3 is 10.1 Å². The Hall–Kier alpha value is -0.990. The smallest absolute Gasteiger partial charge is 0.124 e. The van der Waals surface area contributed by atoms with Crippen molar-refractivity contribution in [1.29, 1.82) is 0 Å². The molecule has 1 atom stereocenters. The van der Waals surface area contributed by atoms with E-state index < -0.39 is 0 Å². The van der Waals surface area contributed by atoms with Gasteiger partial charge in [0.2, 0.25) is 0 Å². The van der Waals surface area contributed by atoms with E-state index in [-0.39, 0.29) is 6.04 Å². The Morgan fingerprint density at radius 3 is 2.81 bits per heavy atom. The third kappa shape index (κ3) is 3.87. The minimum Gasteiger partial charge on any atom is -0.488 e. The molecule has 0 bridgehead atoms. The average molecular weight is 240 g/mol. The van der Waals surface area contributed by atoms with Crippen molar-refractivity contribution in [3.05, 3.63) is 41.4 Å². The van der Waals surface area contributed by atoms with E-state index in [1.807, 2.05) is 18.2 Å². The quantitative estimate of drug-likeness (QED) is 0.821. The molecule has 2 nitrogen and oxygen atoms in total. The molecule has 1 aromatic carbocycles. The van der Waals surface area contributed by atoms with Gasteiger partial charge in [-0.25, -0.2) is 0 Å². The van der Waals surface area contributed by atoms with Crippen LogP contribution in [0.5, 0.6) is 5.75 Å². The molecule has 1 unspecified atom stereocenters. The third-order valence-electron chi connectivity index (χ3n) is 2.28. The van der Waals surface area contributed by atoms with Crippen LogP contribution >= 0.6 is 11.6 Å². The topological polar surface area (TPSA) is 21.3 Å². The maximum atomic E-state index is 5.69. The maximum absolute atomic E-state index is 5.69. The van der Waals surface area contributed by atoms with Gasteiger partial charge >= 0.3 is 0 Å². The van der Waals surface area contributed by atoms with E-state index >= 15 is 0 Å². The van der Waals surface area contributed by atoms with Gasteiger partial charge in [-0.2, -0.15) is 0 Å². The number of hydrogen-bond donors (Lipinski definition) is 1. The van der Waals surface area contributed by atoms with Crippen molar-refractivity contribution in [2.75, 3.05) is 13.2 Å². The van der Waals surface area contributed by atoms with E-state index in [0.717, 1.165) is 17.9 Å². The van der Waals surface area contributed by atoms with Crippen LogP contribution in [0.2, 0.25) is 0 Å². The molecule has 0 aliphatic rings. The van der Waals surface area contributed by atoms with Crippen LogP contribution in [0.4, 0.5) is 0 Å². The minimum atomic E-state index is 0.268. The van der Waals surface area contributed by atoms with E-state index in [1.165, 1.54) is 0 Å². The van der Waals surface area contributed by atoms with Crippen LogP contribution in [0, 0.1) is 0 Å². The Bertz CT molecular complexity index is 352. The standard InChI is InChI=1S/C13H18ClNO/c1-4-15-11(3)12-7-5-6-8-13(12)16-9-10(2)14/h5-8,11,15H,2,4,9H2,1,3H3. The molecule has 1 rings (SSSR count). The number of rotatable bonds is 6. The molecule has 0 aliphatic carbocycles. The van der Waals surface area contributed by atoms with Crippen LogP contribution in [0.15, 0.2) is 35.9 Å². The molecule has 16 heavy (non-hydrogen) atoms. The average Bonchev–Trinajstić information content (AvgIpc) is 2.27. The second-order valence-electron chi connectivity index (χ2n) is 3.62. The van der Waals surface area contributed by atoms with Gasteiger partial charge in [-0.1, -0.05) is 43.3 Å². The van der Waals surface area contributed by atoms with Crippen molar-refractivity contribution in [1.82, 2.24) is 5.32 Å². The molecule has 0 fully saturated rings. The minimum absolute atomic E-state index is 0.268. The predicted octanol–water partition coefficient (Wildman–Crippen LogP) is 3.49. The van der Waals surface area contributed by atoms with Gasteiger partial charge in [-0.05, 0) is 19.5 Å². The summed E-state index contributed by atoms with van der Waals surface area (Å²) in [6, 6.07) is 8.23. The largest absolute Gasteiger partial charge is 0.488 e. The third-order valence-corrected chi connectivity index (χ3v) is 2.39. The van der Waals surface area contributed by atoms with Gasteiger partial charge in [0, 0.05) is 16.6 Å². The monoisotopic (exact) mass is 239 g/mol. The molecule has 1 N–H and O–H groups in total. The first-order valence-corrected chi connectivity index (χ1v) is 5.81. The second-order valence-corrected chi connectivity index (χ2v) is 4.16. The molecule has 0 heterocycles. The molecule has 0 aliphatic heterocycles. The molecular weight excluding hydrogens is 222 g/mol. The number of ether oxygens (including phenoxy) is 1. The zero-order valence-corrected chi connectivity index (χ0v) is 10.6. The van der Waals surface area contributed by atoms with Crippen LogP contribution in [0.25, 0.3) is 0 Å². The molecule has 0 saturated carbocycles. The second kappa shape index (κ2) is 6.56. The van der Waals surface area contributed by atoms with Crippen LogP contribution in [-0.4, -0.2) is 13.2 Å². The number of para-hydroxylation sites is 1. The SMILES string of the molecule is C=C(Cl)COc1ccccc1C(C)NCC. The van der Waals surface area contributed by atoms with Gasteiger partial charge in [0.1, 0.15) is 12.4 Å². The highest BCUT2D eigenvalue weighted by Gasteiger charge is 2.09. The summed E-state index contributed by atoms with van der Waals surface area (Å²) in [5, 5.41) is 3.86. The van der Waals surface area contributed by atoms with Crippen molar-refractivity contribution >= 4 is 11.6 Å². The normalized spacial score (nSPS) is 12.2.